The molecule has 0 radical (unpaired) electrons. The van der Waals surface area contributed by atoms with Gasteiger partial charge >= 0.3 is 5.97 Å². The van der Waals surface area contributed by atoms with Gasteiger partial charge in [0.15, 0.2) is 0 Å². The van der Waals surface area contributed by atoms with Gasteiger partial charge in [0.05, 0.1) is 0 Å². The maximum Gasteiger partial charge on any atom is 0.324 e. The lowest BCUT2D eigenvalue weighted by Crippen LogP contribution is -2.60. The molecular formula is C15H21ClN2O2. The predicted molar refractivity (Wildman–Crippen MR) is 80.0 cm³/mol. The van der Waals surface area contributed by atoms with Crippen LogP contribution in [0.15, 0.2) is 24.3 Å². The Bertz CT molecular complexity index is 471. The van der Waals surface area contributed by atoms with Gasteiger partial charge in [-0.1, -0.05) is 23.7 Å². The number of hydrogen-bond donors (Lipinski definition) is 2. The van der Waals surface area contributed by atoms with E-state index in [-0.39, 0.29) is 6.04 Å². The van der Waals surface area contributed by atoms with E-state index in [1.54, 1.807) is 0 Å². The van der Waals surface area contributed by atoms with Gasteiger partial charge in [-0.25, -0.2) is 0 Å². The topological polar surface area (TPSA) is 66.6 Å². The monoisotopic (exact) mass is 296 g/mol. The highest BCUT2D eigenvalue weighted by atomic mass is 35.5. The maximum absolute atomic E-state index is 11.4. The van der Waals surface area contributed by atoms with Gasteiger partial charge in [0.1, 0.15) is 5.54 Å². The fourth-order valence-electron chi connectivity index (χ4n) is 2.78. The Balaban J connectivity index is 1.92. The maximum atomic E-state index is 11.4. The summed E-state index contributed by atoms with van der Waals surface area (Å²) in [6.45, 7) is 0.578. The average molecular weight is 297 g/mol. The van der Waals surface area contributed by atoms with Crippen LogP contribution in [0.1, 0.15) is 24.8 Å². The van der Waals surface area contributed by atoms with Gasteiger partial charge in [-0.2, -0.15) is 0 Å². The van der Waals surface area contributed by atoms with Crippen LogP contribution >= 0.6 is 11.6 Å². The molecule has 1 aliphatic rings. The second kappa shape index (κ2) is 6.12. The highest BCUT2D eigenvalue weighted by molar-refractivity contribution is 6.30. The van der Waals surface area contributed by atoms with E-state index in [1.165, 1.54) is 0 Å². The first-order chi connectivity index (χ1) is 9.44. The molecule has 5 heteroatoms. The summed E-state index contributed by atoms with van der Waals surface area (Å²) in [5, 5.41) is 10.1. The lowest BCUT2D eigenvalue weighted by molar-refractivity contribution is -0.157. The third-order valence-corrected chi connectivity index (χ3v) is 4.48. The smallest absolute Gasteiger partial charge is 0.324 e. The summed E-state index contributed by atoms with van der Waals surface area (Å²) in [7, 11) is 1.86. The predicted octanol–water partition coefficient (Wildman–Crippen LogP) is 2.15. The van der Waals surface area contributed by atoms with Gasteiger partial charge < -0.3 is 10.8 Å². The first kappa shape index (κ1) is 15.3. The minimum atomic E-state index is -0.732. The van der Waals surface area contributed by atoms with Crippen molar-refractivity contribution in [1.29, 1.82) is 0 Å². The zero-order chi connectivity index (χ0) is 14.8. The molecule has 0 amide bonds. The van der Waals surface area contributed by atoms with Crippen LogP contribution in [0.5, 0.6) is 0 Å². The van der Waals surface area contributed by atoms with Crippen molar-refractivity contribution in [2.45, 2.75) is 37.3 Å². The van der Waals surface area contributed by atoms with E-state index in [2.05, 4.69) is 0 Å². The largest absolute Gasteiger partial charge is 0.480 e. The van der Waals surface area contributed by atoms with Crippen LogP contribution < -0.4 is 5.73 Å². The zero-order valence-electron chi connectivity index (χ0n) is 11.7. The molecule has 0 spiro atoms. The molecule has 4 nitrogen and oxygen atoms in total. The average Bonchev–Trinajstić information content (AvgIpc) is 2.29. The second-order valence-corrected chi connectivity index (χ2v) is 6.10. The summed E-state index contributed by atoms with van der Waals surface area (Å²) in [5.41, 5.74) is 6.57. The molecule has 3 N–H and O–H groups in total. The summed E-state index contributed by atoms with van der Waals surface area (Å²) in [5.74, 6) is -0.732. The summed E-state index contributed by atoms with van der Waals surface area (Å²) in [6, 6.07) is 7.52. The molecule has 0 aliphatic heterocycles. The molecule has 1 aliphatic carbocycles. The van der Waals surface area contributed by atoms with Crippen LogP contribution in [0, 0.1) is 0 Å². The quantitative estimate of drug-likeness (QED) is 0.844. The lowest BCUT2D eigenvalue weighted by atomic mass is 9.75. The molecule has 20 heavy (non-hydrogen) atoms. The number of carboxylic acid groups (broad SMARTS) is 1. The van der Waals surface area contributed by atoms with E-state index in [1.807, 2.05) is 36.2 Å². The fraction of sp³-hybridized carbons (Fsp3) is 0.533. The van der Waals surface area contributed by atoms with Crippen molar-refractivity contribution in [3.8, 4) is 0 Å². The van der Waals surface area contributed by atoms with Crippen molar-refractivity contribution >= 4 is 17.6 Å². The fourth-order valence-corrected chi connectivity index (χ4v) is 2.91. The molecule has 0 saturated heterocycles. The first-order valence-corrected chi connectivity index (χ1v) is 7.26. The third-order valence-electron chi connectivity index (χ3n) is 4.23. The van der Waals surface area contributed by atoms with Crippen LogP contribution in [0.25, 0.3) is 0 Å². The minimum absolute atomic E-state index is 0.0852. The third kappa shape index (κ3) is 3.14. The molecule has 1 aromatic rings. The SMILES string of the molecule is CN(C[C@@H](N)Cc1ccc(Cl)cc1)C1(C(=O)O)CCC1. The number of carboxylic acids is 1. The van der Waals surface area contributed by atoms with Gasteiger partial charge in [0.2, 0.25) is 0 Å². The number of likely N-dealkylation sites (N-methyl/N-ethyl adjacent to an activating group) is 1. The van der Waals surface area contributed by atoms with Gasteiger partial charge in [0, 0.05) is 17.6 Å². The van der Waals surface area contributed by atoms with Gasteiger partial charge in [0.25, 0.3) is 0 Å². The van der Waals surface area contributed by atoms with Crippen molar-refractivity contribution in [3.63, 3.8) is 0 Å². The number of aliphatic carboxylic acids is 1. The highest BCUT2D eigenvalue weighted by Gasteiger charge is 2.47. The molecule has 1 fully saturated rings. The van der Waals surface area contributed by atoms with E-state index in [0.29, 0.717) is 24.4 Å². The van der Waals surface area contributed by atoms with Crippen molar-refractivity contribution < 1.29 is 9.90 Å². The standard InChI is InChI=1S/C15H21ClN2O2/c1-18(15(14(19)20)7-2-8-15)10-13(17)9-11-3-5-12(16)6-4-11/h3-6,13H,2,7-10,17H2,1H3,(H,19,20)/t13-/m0/s1. The van der Waals surface area contributed by atoms with E-state index in [0.717, 1.165) is 18.4 Å². The number of hydrogen-bond acceptors (Lipinski definition) is 3. The van der Waals surface area contributed by atoms with Gasteiger partial charge in [-0.15, -0.1) is 0 Å². The molecule has 0 unspecified atom stereocenters. The number of nitrogens with zero attached hydrogens (tertiary/aromatic N) is 1. The molecule has 1 saturated carbocycles. The molecular weight excluding hydrogens is 276 g/mol. The van der Waals surface area contributed by atoms with Crippen LogP contribution in [-0.2, 0) is 11.2 Å². The Hall–Kier alpha value is -1.10. The molecule has 1 atom stereocenters. The van der Waals surface area contributed by atoms with E-state index in [4.69, 9.17) is 17.3 Å². The molecule has 0 heterocycles. The Kier molecular flexibility index (Phi) is 4.68. The number of benzene rings is 1. The summed E-state index contributed by atoms with van der Waals surface area (Å²) in [6.07, 6.45) is 3.12. The Morgan fingerprint density at radius 3 is 2.50 bits per heavy atom. The van der Waals surface area contributed by atoms with Crippen molar-refractivity contribution in [1.82, 2.24) is 4.90 Å². The van der Waals surface area contributed by atoms with E-state index < -0.39 is 11.5 Å². The Labute approximate surface area is 124 Å². The number of nitrogens with two attached hydrogens (primary N) is 1. The molecule has 110 valence electrons. The van der Waals surface area contributed by atoms with Gasteiger partial charge in [-0.05, 0) is 50.4 Å². The number of halogens is 1. The van der Waals surface area contributed by atoms with Crippen LogP contribution in [0.4, 0.5) is 0 Å². The van der Waals surface area contributed by atoms with Crippen molar-refractivity contribution in [2.75, 3.05) is 13.6 Å². The second-order valence-electron chi connectivity index (χ2n) is 5.66. The minimum Gasteiger partial charge on any atom is -0.480 e. The Morgan fingerprint density at radius 2 is 2.05 bits per heavy atom. The van der Waals surface area contributed by atoms with E-state index in [9.17, 15) is 9.90 Å². The Morgan fingerprint density at radius 1 is 1.45 bits per heavy atom. The summed E-state index contributed by atoms with van der Waals surface area (Å²) < 4.78 is 0. The highest BCUT2D eigenvalue weighted by Crippen LogP contribution is 2.37. The van der Waals surface area contributed by atoms with Crippen molar-refractivity contribution in [3.05, 3.63) is 34.9 Å². The molecule has 2 rings (SSSR count). The number of rotatable bonds is 6. The molecule has 0 bridgehead atoms. The molecule has 0 aromatic heterocycles. The van der Waals surface area contributed by atoms with Crippen molar-refractivity contribution in [2.24, 2.45) is 5.73 Å². The van der Waals surface area contributed by atoms with E-state index >= 15 is 0 Å². The summed E-state index contributed by atoms with van der Waals surface area (Å²) >= 11 is 5.85. The first-order valence-electron chi connectivity index (χ1n) is 6.89. The lowest BCUT2D eigenvalue weighted by Gasteiger charge is -2.45. The zero-order valence-corrected chi connectivity index (χ0v) is 12.4. The summed E-state index contributed by atoms with van der Waals surface area (Å²) in [4.78, 5) is 13.3. The van der Waals surface area contributed by atoms with Gasteiger partial charge in [-0.3, -0.25) is 9.69 Å². The van der Waals surface area contributed by atoms with Crippen LogP contribution in [0.2, 0.25) is 5.02 Å². The normalized spacial score (nSPS) is 18.6. The molecule has 1 aromatic carbocycles. The van der Waals surface area contributed by atoms with Crippen LogP contribution in [-0.4, -0.2) is 41.1 Å². The number of carbonyl (C=O) groups is 1. The van der Waals surface area contributed by atoms with Crippen LogP contribution in [0.3, 0.4) is 0 Å².